The summed E-state index contributed by atoms with van der Waals surface area (Å²) in [5, 5.41) is 10.1. The minimum absolute atomic E-state index is 0.922. The molecule has 0 saturated carbocycles. The molecule has 0 bridgehead atoms. The molecule has 1 nitrogen and oxygen atoms in total. The minimum atomic E-state index is 0.922. The smallest absolute Gasteiger partial charge is 0.0621 e. The number of thiophene rings is 1. The molecular formula is C47H33NS. The Kier molecular flexibility index (Phi) is 6.93. The maximum atomic E-state index is 4.29. The zero-order valence-corrected chi connectivity index (χ0v) is 28.1. The van der Waals surface area contributed by atoms with Gasteiger partial charge in [-0.15, -0.1) is 11.3 Å². The molecule has 0 spiro atoms. The van der Waals surface area contributed by atoms with Crippen LogP contribution in [0.5, 0.6) is 0 Å². The normalized spacial score (nSPS) is 12.2. The first kappa shape index (κ1) is 29.2. The van der Waals surface area contributed by atoms with Gasteiger partial charge in [0, 0.05) is 41.9 Å². The zero-order chi connectivity index (χ0) is 33.1. The first-order valence-corrected chi connectivity index (χ1v) is 17.5. The number of fused-ring (bicyclic) bond motifs is 9. The maximum absolute atomic E-state index is 4.29. The van der Waals surface area contributed by atoms with E-state index in [0.29, 0.717) is 0 Å². The predicted octanol–water partition coefficient (Wildman–Crippen LogP) is 13.7. The van der Waals surface area contributed by atoms with Gasteiger partial charge in [-0.1, -0.05) is 147 Å². The van der Waals surface area contributed by atoms with Crippen LogP contribution in [0.15, 0.2) is 170 Å². The molecule has 9 aromatic rings. The van der Waals surface area contributed by atoms with Crippen LogP contribution in [-0.4, -0.2) is 4.57 Å². The quantitative estimate of drug-likeness (QED) is 0.125. The fourth-order valence-electron chi connectivity index (χ4n) is 7.54. The molecule has 0 amide bonds. The Bertz CT molecular complexity index is 2870. The van der Waals surface area contributed by atoms with Crippen molar-refractivity contribution in [3.05, 3.63) is 182 Å². The number of allylic oxidation sites excluding steroid dienone is 5. The van der Waals surface area contributed by atoms with Crippen molar-refractivity contribution in [2.75, 3.05) is 0 Å². The van der Waals surface area contributed by atoms with Crippen molar-refractivity contribution in [3.63, 3.8) is 0 Å². The fourth-order valence-corrected chi connectivity index (χ4v) is 8.78. The summed E-state index contributed by atoms with van der Waals surface area (Å²) in [5.41, 5.74) is 9.39. The molecule has 7 aromatic carbocycles. The molecule has 0 saturated heterocycles. The van der Waals surface area contributed by atoms with Crippen LogP contribution in [0, 0.1) is 6.92 Å². The molecule has 0 aliphatic heterocycles. The third-order valence-electron chi connectivity index (χ3n) is 9.77. The van der Waals surface area contributed by atoms with E-state index in [9.17, 15) is 0 Å². The van der Waals surface area contributed by atoms with Gasteiger partial charge in [-0.3, -0.25) is 0 Å². The van der Waals surface area contributed by atoms with E-state index in [1.807, 2.05) is 23.5 Å². The summed E-state index contributed by atoms with van der Waals surface area (Å²) in [5.74, 6) is 0. The summed E-state index contributed by atoms with van der Waals surface area (Å²) in [7, 11) is 0. The lowest BCUT2D eigenvalue weighted by molar-refractivity contribution is 1.18. The summed E-state index contributed by atoms with van der Waals surface area (Å²) in [6.45, 7) is 10.3. The lowest BCUT2D eigenvalue weighted by Gasteiger charge is -2.19. The van der Waals surface area contributed by atoms with Gasteiger partial charge in [-0.05, 0) is 69.6 Å². The van der Waals surface area contributed by atoms with Crippen LogP contribution in [0.4, 0.5) is 0 Å². The molecule has 232 valence electrons. The summed E-state index contributed by atoms with van der Waals surface area (Å²) < 4.78 is 5.16. The summed E-state index contributed by atoms with van der Waals surface area (Å²) in [4.78, 5) is 0. The Labute approximate surface area is 289 Å². The lowest BCUT2D eigenvalue weighted by Crippen LogP contribution is -2.01. The molecular weight excluding hydrogens is 611 g/mol. The van der Waals surface area contributed by atoms with Crippen molar-refractivity contribution >= 4 is 80.9 Å². The molecule has 0 atom stereocenters. The van der Waals surface area contributed by atoms with Crippen LogP contribution in [0.3, 0.4) is 0 Å². The van der Waals surface area contributed by atoms with Gasteiger partial charge in [-0.2, -0.15) is 0 Å². The van der Waals surface area contributed by atoms with Gasteiger partial charge in [0.15, 0.2) is 0 Å². The molecule has 0 N–H and O–H groups in total. The van der Waals surface area contributed by atoms with Gasteiger partial charge >= 0.3 is 0 Å². The number of hydrogen-bond donors (Lipinski definition) is 0. The average Bonchev–Trinajstić information content (AvgIpc) is 3.68. The van der Waals surface area contributed by atoms with Crippen molar-refractivity contribution < 1.29 is 0 Å². The number of rotatable bonds is 6. The maximum Gasteiger partial charge on any atom is 0.0621 e. The van der Waals surface area contributed by atoms with Crippen LogP contribution < -0.4 is 0 Å². The van der Waals surface area contributed by atoms with E-state index in [2.05, 4.69) is 164 Å². The number of aryl methyl sites for hydroxylation is 1. The average molecular weight is 644 g/mol. The van der Waals surface area contributed by atoms with Gasteiger partial charge in [0.2, 0.25) is 0 Å². The van der Waals surface area contributed by atoms with Gasteiger partial charge in [-0.25, -0.2) is 0 Å². The van der Waals surface area contributed by atoms with Gasteiger partial charge in [0.1, 0.15) is 0 Å². The lowest BCUT2D eigenvalue weighted by atomic mass is 9.93. The molecule has 0 unspecified atom stereocenters. The Morgan fingerprint density at radius 3 is 2.27 bits per heavy atom. The van der Waals surface area contributed by atoms with E-state index in [0.717, 1.165) is 5.57 Å². The summed E-state index contributed by atoms with van der Waals surface area (Å²) in [6.07, 6.45) is 10.1. The molecule has 0 radical (unpaired) electrons. The van der Waals surface area contributed by atoms with Crippen molar-refractivity contribution in [1.29, 1.82) is 0 Å². The Morgan fingerprint density at radius 2 is 1.39 bits per heavy atom. The van der Waals surface area contributed by atoms with Crippen molar-refractivity contribution in [2.24, 2.45) is 0 Å². The summed E-state index contributed by atoms with van der Waals surface area (Å²) in [6, 6.07) is 46.9. The van der Waals surface area contributed by atoms with E-state index < -0.39 is 0 Å². The molecule has 2 aromatic heterocycles. The first-order chi connectivity index (χ1) is 24.1. The fraction of sp³-hybridized carbons (Fsp3) is 0.0213. The van der Waals surface area contributed by atoms with Crippen molar-refractivity contribution in [2.45, 2.75) is 6.92 Å². The molecule has 9 rings (SSSR count). The highest BCUT2D eigenvalue weighted by molar-refractivity contribution is 7.26. The Balaban J connectivity index is 1.37. The Hall–Kier alpha value is -5.96. The molecule has 0 fully saturated rings. The first-order valence-electron chi connectivity index (χ1n) is 16.7. The highest BCUT2D eigenvalue weighted by Crippen LogP contribution is 2.44. The van der Waals surface area contributed by atoms with Crippen LogP contribution in [0.1, 0.15) is 11.1 Å². The highest BCUT2D eigenvalue weighted by Gasteiger charge is 2.20. The van der Waals surface area contributed by atoms with E-state index in [4.69, 9.17) is 0 Å². The topological polar surface area (TPSA) is 4.93 Å². The molecule has 49 heavy (non-hydrogen) atoms. The third-order valence-corrected chi connectivity index (χ3v) is 11.0. The molecule has 2 heterocycles. The highest BCUT2D eigenvalue weighted by atomic mass is 32.1. The molecule has 0 aliphatic carbocycles. The monoisotopic (exact) mass is 643 g/mol. The van der Waals surface area contributed by atoms with E-state index in [-0.39, 0.29) is 0 Å². The van der Waals surface area contributed by atoms with Crippen LogP contribution in [0.25, 0.3) is 86.4 Å². The summed E-state index contributed by atoms with van der Waals surface area (Å²) >= 11 is 1.88. The Morgan fingerprint density at radius 1 is 0.653 bits per heavy atom. The van der Waals surface area contributed by atoms with E-state index >= 15 is 0 Å². The van der Waals surface area contributed by atoms with Crippen LogP contribution in [-0.2, 0) is 0 Å². The van der Waals surface area contributed by atoms with E-state index in [1.54, 1.807) is 6.08 Å². The predicted molar refractivity (Wildman–Crippen MR) is 216 cm³/mol. The second-order valence-electron chi connectivity index (χ2n) is 12.7. The largest absolute Gasteiger partial charge is 0.308 e. The second-order valence-corrected chi connectivity index (χ2v) is 13.8. The van der Waals surface area contributed by atoms with E-state index in [1.165, 1.54) is 91.5 Å². The van der Waals surface area contributed by atoms with Crippen LogP contribution in [0.2, 0.25) is 0 Å². The zero-order valence-electron chi connectivity index (χ0n) is 27.3. The van der Waals surface area contributed by atoms with Crippen molar-refractivity contribution in [3.8, 4) is 16.8 Å². The third kappa shape index (κ3) is 4.68. The number of para-hydroxylation sites is 1. The number of hydrogen-bond acceptors (Lipinski definition) is 1. The second kappa shape index (κ2) is 11.6. The SMILES string of the molecule is C=C/C=C\C(=C)/C=C\c1c(C)cc2ccc3ccccc3c2c1-n1c2ccccc2c2cc(-c3cccc4c3sc3ccccc34)ccc21. The van der Waals surface area contributed by atoms with Gasteiger partial charge < -0.3 is 4.57 Å². The van der Waals surface area contributed by atoms with Gasteiger partial charge in [0.05, 0.1) is 16.7 Å². The number of benzene rings is 7. The molecule has 0 aliphatic rings. The van der Waals surface area contributed by atoms with Crippen molar-refractivity contribution in [1.82, 2.24) is 4.57 Å². The number of nitrogens with zero attached hydrogens (tertiary/aromatic N) is 1. The molecule has 2 heteroatoms. The van der Waals surface area contributed by atoms with Crippen LogP contribution >= 0.6 is 11.3 Å². The number of aromatic nitrogens is 1. The standard InChI is InChI=1S/C47H33NS/c1-4-5-13-30(2)22-26-35-31(3)28-34-24-23-32-14-6-7-15-36(32)45(34)46(35)48-42-20-10-8-16-38(42)41-29-33(25-27-43(41)48)37-18-12-19-40-39-17-9-11-21-44(39)49-47(37)40/h4-29H,1-2H2,3H3/b13-5-,26-22-. The van der Waals surface area contributed by atoms with Gasteiger partial charge in [0.25, 0.3) is 0 Å². The minimum Gasteiger partial charge on any atom is -0.308 e.